The number of fused-ring (bicyclic) bond motifs is 1. The maximum Gasteiger partial charge on any atom is 0.108 e. The van der Waals surface area contributed by atoms with Crippen molar-refractivity contribution in [1.82, 2.24) is 0 Å². The molecule has 18 heavy (non-hydrogen) atoms. The fourth-order valence-corrected chi connectivity index (χ4v) is 3.06. The van der Waals surface area contributed by atoms with Gasteiger partial charge in [-0.1, -0.05) is 38.1 Å². The van der Waals surface area contributed by atoms with E-state index in [1.807, 2.05) is 32.0 Å². The Bertz CT molecular complexity index is 490. The van der Waals surface area contributed by atoms with Crippen molar-refractivity contribution < 1.29 is 5.11 Å². The maximum atomic E-state index is 11.1. The molecule has 1 aliphatic carbocycles. The van der Waals surface area contributed by atoms with Crippen LogP contribution in [0.25, 0.3) is 0 Å². The Hall–Kier alpha value is -1.33. The minimum atomic E-state index is -1.01. The summed E-state index contributed by atoms with van der Waals surface area (Å²) in [4.78, 5) is 0. The monoisotopic (exact) mass is 243 g/mol. The Labute approximate surface area is 109 Å². The van der Waals surface area contributed by atoms with E-state index in [1.54, 1.807) is 0 Å². The fraction of sp³-hybridized carbons (Fsp3) is 0.562. The predicted octanol–water partition coefficient (Wildman–Crippen LogP) is 3.71. The van der Waals surface area contributed by atoms with E-state index in [9.17, 15) is 10.4 Å². The first-order chi connectivity index (χ1) is 8.48. The Balaban J connectivity index is 2.61. The zero-order valence-corrected chi connectivity index (χ0v) is 11.4. The van der Waals surface area contributed by atoms with Gasteiger partial charge in [-0.15, -0.1) is 0 Å². The molecule has 0 bridgehead atoms. The molecule has 2 nitrogen and oxygen atoms in total. The van der Waals surface area contributed by atoms with Crippen LogP contribution >= 0.6 is 0 Å². The van der Waals surface area contributed by atoms with Crippen LogP contribution in [0, 0.1) is 16.7 Å². The highest BCUT2D eigenvalue weighted by atomic mass is 16.3. The minimum Gasteiger partial charge on any atom is -0.383 e. The summed E-state index contributed by atoms with van der Waals surface area (Å²) in [5, 5.41) is 20.6. The van der Waals surface area contributed by atoms with Crippen LogP contribution in [0.5, 0.6) is 0 Å². The van der Waals surface area contributed by atoms with Gasteiger partial charge in [0.1, 0.15) is 5.60 Å². The normalized spacial score (nSPS) is 30.1. The van der Waals surface area contributed by atoms with Crippen molar-refractivity contribution >= 4 is 0 Å². The largest absolute Gasteiger partial charge is 0.383 e. The Morgan fingerprint density at radius 2 is 2.17 bits per heavy atom. The van der Waals surface area contributed by atoms with Gasteiger partial charge in [0.25, 0.3) is 0 Å². The summed E-state index contributed by atoms with van der Waals surface area (Å²) in [6, 6.07) is 10.4. The maximum absolute atomic E-state index is 11.1. The van der Waals surface area contributed by atoms with E-state index in [-0.39, 0.29) is 0 Å². The lowest BCUT2D eigenvalue weighted by Crippen LogP contribution is -2.45. The summed E-state index contributed by atoms with van der Waals surface area (Å²) in [7, 11) is 0. The van der Waals surface area contributed by atoms with E-state index in [2.05, 4.69) is 19.1 Å². The molecule has 0 amide bonds. The van der Waals surface area contributed by atoms with Crippen LogP contribution in [-0.4, -0.2) is 5.11 Å². The van der Waals surface area contributed by atoms with E-state index in [0.29, 0.717) is 18.8 Å². The number of nitrogens with zero attached hydrogens (tertiary/aromatic N) is 1. The lowest BCUT2D eigenvalue weighted by atomic mass is 9.61. The molecule has 0 aliphatic heterocycles. The molecule has 2 rings (SSSR count). The quantitative estimate of drug-likeness (QED) is 0.860. The predicted molar refractivity (Wildman–Crippen MR) is 72.0 cm³/mol. The van der Waals surface area contributed by atoms with E-state index in [1.165, 1.54) is 5.56 Å². The summed E-state index contributed by atoms with van der Waals surface area (Å²) >= 11 is 0. The molecule has 0 heterocycles. The molecule has 0 aromatic heterocycles. The standard InChI is InChI=1S/C16H21NO/c1-4-15(3,11-17)16(18)10-9-12(2)13-7-5-6-8-14(13)16/h5-8,12,18H,4,9-10H2,1-3H3. The van der Waals surface area contributed by atoms with Crippen LogP contribution in [0.4, 0.5) is 0 Å². The smallest absolute Gasteiger partial charge is 0.108 e. The van der Waals surface area contributed by atoms with Gasteiger partial charge in [0.15, 0.2) is 0 Å². The molecule has 0 saturated carbocycles. The van der Waals surface area contributed by atoms with Gasteiger partial charge in [-0.2, -0.15) is 5.26 Å². The van der Waals surface area contributed by atoms with Crippen LogP contribution in [0.15, 0.2) is 24.3 Å². The molecule has 0 radical (unpaired) electrons. The highest BCUT2D eigenvalue weighted by Gasteiger charge is 2.50. The van der Waals surface area contributed by atoms with Gasteiger partial charge in [0, 0.05) is 0 Å². The third-order valence-electron chi connectivity index (χ3n) is 4.74. The number of rotatable bonds is 2. The highest BCUT2D eigenvalue weighted by molar-refractivity contribution is 5.40. The summed E-state index contributed by atoms with van der Waals surface area (Å²) in [5.41, 5.74) is 0.416. The second-order valence-electron chi connectivity index (χ2n) is 5.68. The Kier molecular flexibility index (Phi) is 3.21. The molecular weight excluding hydrogens is 222 g/mol. The second-order valence-corrected chi connectivity index (χ2v) is 5.68. The lowest BCUT2D eigenvalue weighted by molar-refractivity contribution is -0.0711. The van der Waals surface area contributed by atoms with Gasteiger partial charge >= 0.3 is 0 Å². The van der Waals surface area contributed by atoms with Crippen LogP contribution < -0.4 is 0 Å². The van der Waals surface area contributed by atoms with E-state index >= 15 is 0 Å². The molecule has 2 heteroatoms. The first kappa shape index (κ1) is 13.1. The molecule has 0 spiro atoms. The average molecular weight is 243 g/mol. The topological polar surface area (TPSA) is 44.0 Å². The minimum absolute atomic E-state index is 0.460. The summed E-state index contributed by atoms with van der Waals surface area (Å²) < 4.78 is 0. The number of nitriles is 1. The van der Waals surface area contributed by atoms with Crippen LogP contribution in [0.2, 0.25) is 0 Å². The van der Waals surface area contributed by atoms with Gasteiger partial charge in [-0.05, 0) is 43.2 Å². The van der Waals surface area contributed by atoms with Gasteiger partial charge in [-0.3, -0.25) is 0 Å². The van der Waals surface area contributed by atoms with Crippen molar-refractivity contribution in [2.45, 2.75) is 51.6 Å². The molecule has 3 atom stereocenters. The summed E-state index contributed by atoms with van der Waals surface area (Å²) in [5.74, 6) is 0.460. The van der Waals surface area contributed by atoms with Crippen molar-refractivity contribution in [2.75, 3.05) is 0 Å². The van der Waals surface area contributed by atoms with Crippen LogP contribution in [-0.2, 0) is 5.60 Å². The van der Waals surface area contributed by atoms with Gasteiger partial charge < -0.3 is 5.11 Å². The number of hydrogen-bond donors (Lipinski definition) is 1. The molecule has 1 N–H and O–H groups in total. The molecule has 1 aliphatic rings. The van der Waals surface area contributed by atoms with Crippen molar-refractivity contribution in [3.63, 3.8) is 0 Å². The van der Waals surface area contributed by atoms with Gasteiger partial charge in [0.2, 0.25) is 0 Å². The average Bonchev–Trinajstić information content (AvgIpc) is 2.42. The molecule has 1 aromatic carbocycles. The highest BCUT2D eigenvalue weighted by Crippen LogP contribution is 2.51. The second kappa shape index (κ2) is 4.40. The summed E-state index contributed by atoms with van der Waals surface area (Å²) in [6.07, 6.45) is 2.26. The first-order valence-electron chi connectivity index (χ1n) is 6.71. The van der Waals surface area contributed by atoms with E-state index in [4.69, 9.17) is 0 Å². The molecule has 96 valence electrons. The third-order valence-corrected chi connectivity index (χ3v) is 4.74. The first-order valence-corrected chi connectivity index (χ1v) is 6.71. The third kappa shape index (κ3) is 1.66. The van der Waals surface area contributed by atoms with Crippen molar-refractivity contribution in [1.29, 1.82) is 5.26 Å². The van der Waals surface area contributed by atoms with Crippen molar-refractivity contribution in [2.24, 2.45) is 5.41 Å². The number of aliphatic hydroxyl groups is 1. The molecule has 1 aromatic rings. The molecule has 0 fully saturated rings. The molecule has 0 saturated heterocycles. The van der Waals surface area contributed by atoms with Crippen LogP contribution in [0.1, 0.15) is 57.1 Å². The number of hydrogen-bond acceptors (Lipinski definition) is 2. The Morgan fingerprint density at radius 3 is 2.78 bits per heavy atom. The molecular formula is C16H21NO. The SMILES string of the molecule is CCC(C)(C#N)C1(O)CCC(C)c2ccccc21. The van der Waals surface area contributed by atoms with E-state index < -0.39 is 11.0 Å². The fourth-order valence-electron chi connectivity index (χ4n) is 3.06. The number of benzene rings is 1. The van der Waals surface area contributed by atoms with Crippen molar-refractivity contribution in [3.8, 4) is 6.07 Å². The zero-order valence-electron chi connectivity index (χ0n) is 11.4. The lowest BCUT2D eigenvalue weighted by Gasteiger charge is -2.45. The zero-order chi connectivity index (χ0) is 13.4. The Morgan fingerprint density at radius 1 is 1.50 bits per heavy atom. The van der Waals surface area contributed by atoms with Gasteiger partial charge in [0.05, 0.1) is 11.5 Å². The van der Waals surface area contributed by atoms with E-state index in [0.717, 1.165) is 12.0 Å². The molecule has 3 unspecified atom stereocenters. The summed E-state index contributed by atoms with van der Waals surface area (Å²) in [6.45, 7) is 6.04. The van der Waals surface area contributed by atoms with Gasteiger partial charge in [-0.25, -0.2) is 0 Å². The van der Waals surface area contributed by atoms with Crippen molar-refractivity contribution in [3.05, 3.63) is 35.4 Å². The van der Waals surface area contributed by atoms with Crippen LogP contribution in [0.3, 0.4) is 0 Å².